The smallest absolute Gasteiger partial charge is 0.159 e. The normalized spacial score (nSPS) is 24.4. The van der Waals surface area contributed by atoms with Crippen LogP contribution < -0.4 is 0 Å². The minimum Gasteiger partial charge on any atom is -0.388 e. The highest BCUT2D eigenvalue weighted by Crippen LogP contribution is 2.37. The van der Waals surface area contributed by atoms with E-state index < -0.39 is 0 Å². The predicted octanol–water partition coefficient (Wildman–Crippen LogP) is 1.22. The number of hydrogen-bond donors (Lipinski definition) is 1. The minimum absolute atomic E-state index is 0.0105. The number of ether oxygens (including phenoxy) is 1. The third-order valence-electron chi connectivity index (χ3n) is 3.60. The van der Waals surface area contributed by atoms with Gasteiger partial charge in [-0.05, 0) is 32.1 Å². The van der Waals surface area contributed by atoms with Crippen molar-refractivity contribution in [3.8, 4) is 0 Å². The molecule has 5 nitrogen and oxygen atoms in total. The van der Waals surface area contributed by atoms with E-state index in [1.165, 1.54) is 25.7 Å². The lowest BCUT2D eigenvalue weighted by molar-refractivity contribution is 0.104. The average molecular weight is 237 g/mol. The second kappa shape index (κ2) is 4.74. The number of rotatable bonds is 5. The van der Waals surface area contributed by atoms with Crippen molar-refractivity contribution in [3.05, 3.63) is 11.6 Å². The van der Waals surface area contributed by atoms with Crippen molar-refractivity contribution in [1.29, 1.82) is 0 Å². The molecule has 0 radical (unpaired) electrons. The molecule has 1 aliphatic heterocycles. The molecule has 2 fully saturated rings. The molecular weight excluding hydrogens is 218 g/mol. The van der Waals surface area contributed by atoms with Crippen molar-refractivity contribution < 1.29 is 9.84 Å². The molecule has 1 aliphatic carbocycles. The van der Waals surface area contributed by atoms with Gasteiger partial charge in [0.25, 0.3) is 0 Å². The van der Waals surface area contributed by atoms with Crippen LogP contribution in [-0.4, -0.2) is 32.6 Å². The first-order chi connectivity index (χ1) is 8.38. The molecule has 1 aromatic rings. The Kier molecular flexibility index (Phi) is 3.11. The first-order valence-corrected chi connectivity index (χ1v) is 6.53. The standard InChI is InChI=1S/C12H19N3O2/c16-8-12-14-13-11(15(12)9-3-4-9)6-5-10-2-1-7-17-10/h9-10,16H,1-8H2. The fraction of sp³-hybridized carbons (Fsp3) is 0.833. The van der Waals surface area contributed by atoms with E-state index in [0.717, 1.165) is 31.1 Å². The number of aromatic nitrogens is 3. The van der Waals surface area contributed by atoms with E-state index in [-0.39, 0.29) is 6.61 Å². The van der Waals surface area contributed by atoms with Gasteiger partial charge in [0.05, 0.1) is 6.10 Å². The Morgan fingerprint density at radius 2 is 2.06 bits per heavy atom. The number of aliphatic hydroxyl groups excluding tert-OH is 1. The highest BCUT2D eigenvalue weighted by atomic mass is 16.5. The van der Waals surface area contributed by atoms with E-state index in [4.69, 9.17) is 4.74 Å². The zero-order valence-corrected chi connectivity index (χ0v) is 10.0. The number of aliphatic hydroxyl groups is 1. The Morgan fingerprint density at radius 3 is 2.71 bits per heavy atom. The summed E-state index contributed by atoms with van der Waals surface area (Å²) in [7, 11) is 0. The lowest BCUT2D eigenvalue weighted by atomic mass is 10.1. The maximum Gasteiger partial charge on any atom is 0.159 e. The first kappa shape index (κ1) is 11.2. The Bertz CT molecular complexity index is 381. The zero-order chi connectivity index (χ0) is 11.7. The molecule has 17 heavy (non-hydrogen) atoms. The summed E-state index contributed by atoms with van der Waals surface area (Å²) in [5.41, 5.74) is 0. The Balaban J connectivity index is 1.66. The molecule has 2 heterocycles. The molecule has 1 atom stereocenters. The zero-order valence-electron chi connectivity index (χ0n) is 10.0. The van der Waals surface area contributed by atoms with Gasteiger partial charge in [-0.2, -0.15) is 0 Å². The maximum absolute atomic E-state index is 9.24. The van der Waals surface area contributed by atoms with Crippen molar-refractivity contribution in [2.24, 2.45) is 0 Å². The van der Waals surface area contributed by atoms with E-state index in [1.54, 1.807) is 0 Å². The summed E-state index contributed by atoms with van der Waals surface area (Å²) in [5.74, 6) is 1.74. The topological polar surface area (TPSA) is 60.2 Å². The Morgan fingerprint density at radius 1 is 1.24 bits per heavy atom. The van der Waals surface area contributed by atoms with Crippen LogP contribution >= 0.6 is 0 Å². The van der Waals surface area contributed by atoms with Crippen LogP contribution in [0.2, 0.25) is 0 Å². The Labute approximate surface area is 101 Å². The third kappa shape index (κ3) is 2.35. The van der Waals surface area contributed by atoms with Crippen LogP contribution in [0, 0.1) is 0 Å². The van der Waals surface area contributed by atoms with Crippen LogP contribution in [-0.2, 0) is 17.8 Å². The summed E-state index contributed by atoms with van der Waals surface area (Å²) in [6, 6.07) is 0.534. The summed E-state index contributed by atoms with van der Waals surface area (Å²) in [4.78, 5) is 0. The third-order valence-corrected chi connectivity index (χ3v) is 3.60. The lowest BCUT2D eigenvalue weighted by Gasteiger charge is -2.10. The fourth-order valence-corrected chi connectivity index (χ4v) is 2.56. The van der Waals surface area contributed by atoms with E-state index in [9.17, 15) is 5.11 Å². The molecule has 1 N–H and O–H groups in total. The van der Waals surface area contributed by atoms with Gasteiger partial charge in [-0.25, -0.2) is 0 Å². The van der Waals surface area contributed by atoms with E-state index in [2.05, 4.69) is 14.8 Å². The lowest BCUT2D eigenvalue weighted by Crippen LogP contribution is -2.11. The van der Waals surface area contributed by atoms with Crippen LogP contribution in [0.4, 0.5) is 0 Å². The molecule has 1 aromatic heterocycles. The minimum atomic E-state index is -0.0105. The summed E-state index contributed by atoms with van der Waals surface area (Å²) >= 11 is 0. The molecule has 1 saturated carbocycles. The predicted molar refractivity (Wildman–Crippen MR) is 61.5 cm³/mol. The van der Waals surface area contributed by atoms with Gasteiger partial charge in [-0.1, -0.05) is 0 Å². The molecule has 0 amide bonds. The van der Waals surface area contributed by atoms with Crippen molar-refractivity contribution in [3.63, 3.8) is 0 Å². The molecule has 5 heteroatoms. The molecule has 0 bridgehead atoms. The van der Waals surface area contributed by atoms with Gasteiger partial charge in [0.2, 0.25) is 0 Å². The monoisotopic (exact) mass is 237 g/mol. The molecular formula is C12H19N3O2. The van der Waals surface area contributed by atoms with Crippen LogP contribution in [0.5, 0.6) is 0 Å². The average Bonchev–Trinajstić information content (AvgIpc) is 2.92. The second-order valence-corrected chi connectivity index (χ2v) is 4.97. The SMILES string of the molecule is OCc1nnc(CCC2CCCO2)n1C1CC1. The van der Waals surface area contributed by atoms with Gasteiger partial charge >= 0.3 is 0 Å². The summed E-state index contributed by atoms with van der Waals surface area (Å²) in [5, 5.41) is 17.5. The summed E-state index contributed by atoms with van der Waals surface area (Å²) < 4.78 is 7.75. The van der Waals surface area contributed by atoms with Gasteiger partial charge in [-0.15, -0.1) is 10.2 Å². The van der Waals surface area contributed by atoms with Gasteiger partial charge < -0.3 is 14.4 Å². The van der Waals surface area contributed by atoms with Crippen molar-refractivity contribution in [2.75, 3.05) is 6.61 Å². The fourth-order valence-electron chi connectivity index (χ4n) is 2.56. The van der Waals surface area contributed by atoms with E-state index in [0.29, 0.717) is 12.1 Å². The second-order valence-electron chi connectivity index (χ2n) is 4.97. The molecule has 2 aliphatic rings. The van der Waals surface area contributed by atoms with Gasteiger partial charge in [-0.3, -0.25) is 0 Å². The Hall–Kier alpha value is -0.940. The van der Waals surface area contributed by atoms with Crippen molar-refractivity contribution in [2.45, 2.75) is 57.3 Å². The van der Waals surface area contributed by atoms with Crippen molar-refractivity contribution >= 4 is 0 Å². The molecule has 0 spiro atoms. The highest BCUT2D eigenvalue weighted by molar-refractivity contribution is 5.02. The van der Waals surface area contributed by atoms with Crippen LogP contribution in [0.3, 0.4) is 0 Å². The molecule has 3 rings (SSSR count). The summed E-state index contributed by atoms with van der Waals surface area (Å²) in [6.45, 7) is 0.894. The van der Waals surface area contributed by atoms with Gasteiger partial charge in [0.1, 0.15) is 12.4 Å². The largest absolute Gasteiger partial charge is 0.388 e. The van der Waals surface area contributed by atoms with Gasteiger partial charge in [0.15, 0.2) is 5.82 Å². The van der Waals surface area contributed by atoms with Crippen LogP contribution in [0.15, 0.2) is 0 Å². The number of hydrogen-bond acceptors (Lipinski definition) is 4. The number of aryl methyl sites for hydroxylation is 1. The van der Waals surface area contributed by atoms with Crippen LogP contribution in [0.1, 0.15) is 49.8 Å². The van der Waals surface area contributed by atoms with Gasteiger partial charge in [0, 0.05) is 19.1 Å². The molecule has 1 saturated heterocycles. The van der Waals surface area contributed by atoms with E-state index in [1.807, 2.05) is 0 Å². The van der Waals surface area contributed by atoms with Crippen LogP contribution in [0.25, 0.3) is 0 Å². The molecule has 0 aromatic carbocycles. The van der Waals surface area contributed by atoms with Crippen molar-refractivity contribution in [1.82, 2.24) is 14.8 Å². The number of nitrogens with zero attached hydrogens (tertiary/aromatic N) is 3. The summed E-state index contributed by atoms with van der Waals surface area (Å²) in [6.07, 6.45) is 7.07. The van der Waals surface area contributed by atoms with E-state index >= 15 is 0 Å². The molecule has 94 valence electrons. The quantitative estimate of drug-likeness (QED) is 0.836. The first-order valence-electron chi connectivity index (χ1n) is 6.53. The highest BCUT2D eigenvalue weighted by Gasteiger charge is 2.29. The molecule has 1 unspecified atom stereocenters. The maximum atomic E-state index is 9.24.